The zero-order valence-corrected chi connectivity index (χ0v) is 64.6. The number of hydrogen-bond acceptors (Lipinski definition) is 15. The predicted molar refractivity (Wildman–Crippen MR) is 391 cm³/mol. The number of esters is 4. The molecule has 0 aliphatic rings. The van der Waals surface area contributed by atoms with E-state index >= 15 is 0 Å². The van der Waals surface area contributed by atoms with E-state index in [4.69, 9.17) is 37.0 Å². The maximum Gasteiger partial charge on any atom is 0.472 e. The second kappa shape index (κ2) is 67.5. The van der Waals surface area contributed by atoms with E-state index in [1.807, 2.05) is 0 Å². The van der Waals surface area contributed by atoms with Gasteiger partial charge >= 0.3 is 39.5 Å². The topological polar surface area (TPSA) is 237 Å². The first-order valence-electron chi connectivity index (χ1n) is 39.8. The van der Waals surface area contributed by atoms with E-state index in [9.17, 15) is 43.2 Å². The van der Waals surface area contributed by atoms with Gasteiger partial charge in [-0.05, 0) is 43.4 Å². The van der Waals surface area contributed by atoms with Crippen LogP contribution in [0.3, 0.4) is 0 Å². The fraction of sp³-hybridized carbons (Fsp3) is 0.948. The van der Waals surface area contributed by atoms with E-state index in [2.05, 4.69) is 48.5 Å². The summed E-state index contributed by atoms with van der Waals surface area (Å²) >= 11 is 0. The van der Waals surface area contributed by atoms with Gasteiger partial charge in [0.1, 0.15) is 19.3 Å². The van der Waals surface area contributed by atoms with Gasteiger partial charge in [-0.3, -0.25) is 37.3 Å². The lowest BCUT2D eigenvalue weighted by Crippen LogP contribution is -2.30. The van der Waals surface area contributed by atoms with Gasteiger partial charge in [-0.15, -0.1) is 0 Å². The van der Waals surface area contributed by atoms with Crippen molar-refractivity contribution in [3.05, 3.63) is 0 Å². The molecule has 2 unspecified atom stereocenters. The molecule has 0 fully saturated rings. The van der Waals surface area contributed by atoms with Crippen molar-refractivity contribution in [2.24, 2.45) is 17.8 Å². The van der Waals surface area contributed by atoms with Crippen molar-refractivity contribution in [1.82, 2.24) is 0 Å². The summed E-state index contributed by atoms with van der Waals surface area (Å²) in [4.78, 5) is 72.9. The zero-order chi connectivity index (χ0) is 70.9. The minimum atomic E-state index is -4.96. The Labute approximate surface area is 588 Å². The van der Waals surface area contributed by atoms with Crippen molar-refractivity contribution in [1.29, 1.82) is 0 Å². The summed E-state index contributed by atoms with van der Waals surface area (Å²) in [7, 11) is -9.91. The van der Waals surface area contributed by atoms with Crippen LogP contribution in [0.1, 0.15) is 395 Å². The van der Waals surface area contributed by atoms with Crippen LogP contribution in [0.5, 0.6) is 0 Å². The molecule has 0 radical (unpaired) electrons. The molecule has 5 atom stereocenters. The summed E-state index contributed by atoms with van der Waals surface area (Å²) in [5.74, 6) is 0.204. The second-order valence-electron chi connectivity index (χ2n) is 29.2. The van der Waals surface area contributed by atoms with Crippen LogP contribution in [0.2, 0.25) is 0 Å². The summed E-state index contributed by atoms with van der Waals surface area (Å²) in [6.45, 7) is 11.9. The normalized spacial score (nSPS) is 14.1. The van der Waals surface area contributed by atoms with Crippen LogP contribution in [-0.2, 0) is 65.4 Å². The molecule has 96 heavy (non-hydrogen) atoms. The van der Waals surface area contributed by atoms with Gasteiger partial charge in [0, 0.05) is 25.7 Å². The number of ether oxygens (including phenoxy) is 4. The quantitative estimate of drug-likeness (QED) is 0.0222. The molecule has 0 aromatic carbocycles. The van der Waals surface area contributed by atoms with Crippen molar-refractivity contribution >= 4 is 39.5 Å². The molecule has 0 bridgehead atoms. The average molecular weight is 1410 g/mol. The average Bonchev–Trinajstić information content (AvgIpc) is 1.32. The van der Waals surface area contributed by atoms with Crippen LogP contribution < -0.4 is 0 Å². The molecule has 19 heteroatoms. The first kappa shape index (κ1) is 94.1. The Morgan fingerprint density at radius 1 is 0.281 bits per heavy atom. The number of hydrogen-bond donors (Lipinski definition) is 3. The predicted octanol–water partition coefficient (Wildman–Crippen LogP) is 22.6. The number of aliphatic hydroxyl groups is 1. The van der Waals surface area contributed by atoms with E-state index in [0.29, 0.717) is 25.7 Å². The van der Waals surface area contributed by atoms with Gasteiger partial charge in [0.05, 0.1) is 26.4 Å². The summed E-state index contributed by atoms with van der Waals surface area (Å²) in [5, 5.41) is 10.6. The number of aliphatic hydroxyl groups excluding tert-OH is 1. The molecule has 0 rings (SSSR count). The third-order valence-electron chi connectivity index (χ3n) is 17.9. The number of rotatable bonds is 75. The van der Waals surface area contributed by atoms with Crippen LogP contribution in [-0.4, -0.2) is 96.7 Å². The summed E-state index contributed by atoms with van der Waals surface area (Å²) in [6.07, 6.45) is 54.0. The maximum absolute atomic E-state index is 13.1. The summed E-state index contributed by atoms with van der Waals surface area (Å²) in [5.41, 5.74) is 0. The molecule has 0 saturated heterocycles. The highest BCUT2D eigenvalue weighted by Crippen LogP contribution is 2.45. The van der Waals surface area contributed by atoms with Gasteiger partial charge in [-0.25, -0.2) is 9.13 Å². The largest absolute Gasteiger partial charge is 0.472 e. The van der Waals surface area contributed by atoms with Crippen LogP contribution in [0.15, 0.2) is 0 Å². The molecule has 0 aromatic rings. The Kier molecular flexibility index (Phi) is 66.2. The monoisotopic (exact) mass is 1410 g/mol. The Hall–Kier alpha value is -1.94. The molecule has 0 amide bonds. The van der Waals surface area contributed by atoms with Crippen molar-refractivity contribution in [3.63, 3.8) is 0 Å². The van der Waals surface area contributed by atoms with Crippen molar-refractivity contribution < 1.29 is 80.2 Å². The number of carbonyl (C=O) groups excluding carboxylic acids is 4. The molecule has 3 N–H and O–H groups in total. The Morgan fingerprint density at radius 2 is 0.479 bits per heavy atom. The van der Waals surface area contributed by atoms with Crippen molar-refractivity contribution in [3.8, 4) is 0 Å². The third-order valence-corrected chi connectivity index (χ3v) is 19.8. The minimum absolute atomic E-state index is 0.106. The molecule has 0 aliphatic carbocycles. The molecule has 17 nitrogen and oxygen atoms in total. The van der Waals surface area contributed by atoms with Gasteiger partial charge in [0.15, 0.2) is 12.2 Å². The van der Waals surface area contributed by atoms with Crippen LogP contribution in [0.25, 0.3) is 0 Å². The Balaban J connectivity index is 5.26. The van der Waals surface area contributed by atoms with E-state index in [1.54, 1.807) is 0 Å². The highest BCUT2D eigenvalue weighted by Gasteiger charge is 2.30. The Morgan fingerprint density at radius 3 is 0.708 bits per heavy atom. The fourth-order valence-corrected chi connectivity index (χ4v) is 13.4. The molecule has 0 heterocycles. The molecule has 0 saturated carbocycles. The molecular weight excluding hydrogens is 1260 g/mol. The minimum Gasteiger partial charge on any atom is -0.462 e. The van der Waals surface area contributed by atoms with Crippen molar-refractivity contribution in [2.45, 2.75) is 414 Å². The van der Waals surface area contributed by atoms with Crippen LogP contribution in [0.4, 0.5) is 0 Å². The highest BCUT2D eigenvalue weighted by atomic mass is 31.2. The summed E-state index contributed by atoms with van der Waals surface area (Å²) < 4.78 is 68.6. The first-order chi connectivity index (χ1) is 46.2. The zero-order valence-electron chi connectivity index (χ0n) is 62.8. The SMILES string of the molecule is CCCCCCCCCCCCCCC(=O)OC[C@H](COP(=O)(O)OC[C@H](O)COP(=O)(O)OC[C@@H](COC(=O)CCCCCCCCCCCCCC(C)C)OC(=O)CCCCCCCCCCCCCCCCC(C)C)OC(=O)CCCCCCCCCCCCC(C)C. The molecule has 0 aromatic heterocycles. The first-order valence-corrected chi connectivity index (χ1v) is 42.8. The number of phosphoric acid groups is 2. The molecule has 0 spiro atoms. The summed E-state index contributed by atoms with van der Waals surface area (Å²) in [6, 6.07) is 0. The van der Waals surface area contributed by atoms with E-state index < -0.39 is 97.5 Å². The maximum atomic E-state index is 13.1. The highest BCUT2D eigenvalue weighted by molar-refractivity contribution is 7.47. The third kappa shape index (κ3) is 70.5. The van der Waals surface area contributed by atoms with Gasteiger partial charge in [0.2, 0.25) is 0 Å². The van der Waals surface area contributed by atoms with Gasteiger partial charge in [0.25, 0.3) is 0 Å². The van der Waals surface area contributed by atoms with Gasteiger partial charge in [-0.1, -0.05) is 344 Å². The molecule has 570 valence electrons. The lowest BCUT2D eigenvalue weighted by Gasteiger charge is -2.21. The Bertz CT molecular complexity index is 1870. The number of phosphoric ester groups is 2. The van der Waals surface area contributed by atoms with Gasteiger partial charge < -0.3 is 33.8 Å². The van der Waals surface area contributed by atoms with E-state index in [1.165, 1.54) is 205 Å². The molecular formula is C77H150O17P2. The standard InChI is InChI=1S/C77H150O17P2/c1-8-9-10-11-12-13-14-22-30-37-44-51-58-74(79)87-65-73(94-77(82)61-54-47-40-33-26-25-29-36-43-50-57-70(6)7)67-92-96(85,86)90-63-71(78)62-89-95(83,84)91-66-72(64-88-75(80)59-52-45-38-31-24-19-21-28-35-42-49-56-69(4)5)93-76(81)60-53-46-39-32-23-18-16-15-17-20-27-34-41-48-55-68(2)3/h68-73,78H,8-67H2,1-7H3,(H,83,84)(H,85,86)/t71-,72-,73-/m1/s1. The van der Waals surface area contributed by atoms with E-state index in [0.717, 1.165) is 108 Å². The smallest absolute Gasteiger partial charge is 0.462 e. The van der Waals surface area contributed by atoms with Crippen LogP contribution in [0, 0.1) is 17.8 Å². The van der Waals surface area contributed by atoms with Crippen LogP contribution >= 0.6 is 15.6 Å². The van der Waals surface area contributed by atoms with E-state index in [-0.39, 0.29) is 25.7 Å². The number of carbonyl (C=O) groups is 4. The number of unbranched alkanes of at least 4 members (excludes halogenated alkanes) is 43. The fourth-order valence-electron chi connectivity index (χ4n) is 11.8. The molecule has 0 aliphatic heterocycles. The lowest BCUT2D eigenvalue weighted by molar-refractivity contribution is -0.161. The van der Waals surface area contributed by atoms with Crippen molar-refractivity contribution in [2.75, 3.05) is 39.6 Å². The van der Waals surface area contributed by atoms with Gasteiger partial charge in [-0.2, -0.15) is 0 Å². The lowest BCUT2D eigenvalue weighted by atomic mass is 10.0. The second-order valence-corrected chi connectivity index (χ2v) is 32.1.